The second-order valence-electron chi connectivity index (χ2n) is 6.89. The molecule has 0 spiro atoms. The molecule has 0 amide bonds. The lowest BCUT2D eigenvalue weighted by molar-refractivity contribution is 0.823. The quantitative estimate of drug-likeness (QED) is 0.404. The van der Waals surface area contributed by atoms with Crippen LogP contribution >= 0.6 is 23.4 Å². The van der Waals surface area contributed by atoms with Crippen molar-refractivity contribution in [3.8, 4) is 0 Å². The summed E-state index contributed by atoms with van der Waals surface area (Å²) in [6.07, 6.45) is 0.771. The molecule has 0 saturated carbocycles. The molecule has 2 aromatic heterocycles. The smallest absolute Gasteiger partial charge is 0.216 e. The van der Waals surface area contributed by atoms with Crippen molar-refractivity contribution < 1.29 is 0 Å². The molecule has 2 aromatic carbocycles. The van der Waals surface area contributed by atoms with E-state index >= 15 is 0 Å². The van der Waals surface area contributed by atoms with Crippen LogP contribution in [0.2, 0.25) is 5.02 Å². The average molecular weight is 409 g/mol. The molecule has 4 nitrogen and oxygen atoms in total. The van der Waals surface area contributed by atoms with Gasteiger partial charge in [0.15, 0.2) is 0 Å². The van der Waals surface area contributed by atoms with Gasteiger partial charge in [0.05, 0.1) is 0 Å². The summed E-state index contributed by atoms with van der Waals surface area (Å²) in [5, 5.41) is 6.19. The van der Waals surface area contributed by atoms with Crippen LogP contribution < -0.4 is 0 Å². The molecular formula is C22H21ClN4S. The van der Waals surface area contributed by atoms with Crippen LogP contribution in [-0.4, -0.2) is 19.6 Å². The fourth-order valence-corrected chi connectivity index (χ4v) is 4.38. The molecular weight excluding hydrogens is 388 g/mol. The van der Waals surface area contributed by atoms with E-state index in [0.717, 1.165) is 44.9 Å². The summed E-state index contributed by atoms with van der Waals surface area (Å²) in [6.45, 7) is 6.23. The van der Waals surface area contributed by atoms with Crippen molar-refractivity contribution in [1.82, 2.24) is 19.6 Å². The fraction of sp³-hybridized carbons (Fsp3) is 0.227. The SMILES string of the molecule is Cc1ccccc1CSc1nc2nc(C)c(Cc3cccc(Cl)c3)c(C)n2n1. The Balaban J connectivity index is 1.62. The molecule has 28 heavy (non-hydrogen) atoms. The van der Waals surface area contributed by atoms with E-state index in [2.05, 4.69) is 49.2 Å². The zero-order chi connectivity index (χ0) is 19.7. The van der Waals surface area contributed by atoms with Gasteiger partial charge >= 0.3 is 0 Å². The van der Waals surface area contributed by atoms with E-state index in [1.165, 1.54) is 11.1 Å². The largest absolute Gasteiger partial charge is 0.253 e. The maximum atomic E-state index is 6.14. The van der Waals surface area contributed by atoms with Crippen molar-refractivity contribution in [2.75, 3.05) is 0 Å². The van der Waals surface area contributed by atoms with Crippen LogP contribution in [0.3, 0.4) is 0 Å². The van der Waals surface area contributed by atoms with Gasteiger partial charge in [0, 0.05) is 28.6 Å². The fourth-order valence-electron chi connectivity index (χ4n) is 3.27. The summed E-state index contributed by atoms with van der Waals surface area (Å²) in [4.78, 5) is 9.32. The number of hydrogen-bond acceptors (Lipinski definition) is 4. The summed E-state index contributed by atoms with van der Waals surface area (Å²) in [5.41, 5.74) is 6.95. The predicted octanol–water partition coefficient (Wildman–Crippen LogP) is 5.59. The molecule has 0 fully saturated rings. The Hall–Kier alpha value is -2.37. The van der Waals surface area contributed by atoms with Gasteiger partial charge in [-0.2, -0.15) is 4.98 Å². The average Bonchev–Trinajstić information content (AvgIpc) is 3.07. The highest BCUT2D eigenvalue weighted by Gasteiger charge is 2.14. The van der Waals surface area contributed by atoms with Crippen molar-refractivity contribution in [3.63, 3.8) is 0 Å². The van der Waals surface area contributed by atoms with Crippen molar-refractivity contribution in [3.05, 3.63) is 87.2 Å². The van der Waals surface area contributed by atoms with E-state index in [0.29, 0.717) is 5.78 Å². The summed E-state index contributed by atoms with van der Waals surface area (Å²) in [5.74, 6) is 1.49. The van der Waals surface area contributed by atoms with Crippen LogP contribution in [0.25, 0.3) is 5.78 Å². The number of rotatable bonds is 5. The molecule has 6 heteroatoms. The number of nitrogens with zero attached hydrogens (tertiary/aromatic N) is 4. The van der Waals surface area contributed by atoms with Crippen molar-refractivity contribution in [2.45, 2.75) is 38.1 Å². The lowest BCUT2D eigenvalue weighted by atomic mass is 10.0. The first kappa shape index (κ1) is 19.0. The summed E-state index contributed by atoms with van der Waals surface area (Å²) >= 11 is 7.78. The molecule has 4 rings (SSSR count). The molecule has 0 aliphatic carbocycles. The number of thioether (sulfide) groups is 1. The Kier molecular flexibility index (Phi) is 5.38. The van der Waals surface area contributed by atoms with Gasteiger partial charge in [-0.05, 0) is 55.2 Å². The van der Waals surface area contributed by atoms with Crippen LogP contribution in [0.4, 0.5) is 0 Å². The van der Waals surface area contributed by atoms with Gasteiger partial charge in [-0.25, -0.2) is 9.50 Å². The minimum absolute atomic E-state index is 0.650. The number of benzene rings is 2. The number of halogens is 1. The van der Waals surface area contributed by atoms with Gasteiger partial charge < -0.3 is 0 Å². The van der Waals surface area contributed by atoms with Crippen LogP contribution in [0.1, 0.15) is 33.6 Å². The normalized spacial score (nSPS) is 11.3. The number of aryl methyl sites for hydroxylation is 3. The van der Waals surface area contributed by atoms with E-state index in [1.54, 1.807) is 11.8 Å². The molecule has 0 bridgehead atoms. The highest BCUT2D eigenvalue weighted by Crippen LogP contribution is 2.24. The highest BCUT2D eigenvalue weighted by molar-refractivity contribution is 7.98. The van der Waals surface area contributed by atoms with Crippen LogP contribution in [0.15, 0.2) is 53.7 Å². The van der Waals surface area contributed by atoms with E-state index in [-0.39, 0.29) is 0 Å². The third-order valence-corrected chi connectivity index (χ3v) is 6.04. The molecule has 2 heterocycles. The Morgan fingerprint density at radius 1 is 1.00 bits per heavy atom. The summed E-state index contributed by atoms with van der Waals surface area (Å²) in [7, 11) is 0. The first-order chi connectivity index (χ1) is 13.5. The maximum absolute atomic E-state index is 6.14. The van der Waals surface area contributed by atoms with Crippen LogP contribution in [0, 0.1) is 20.8 Å². The molecule has 0 aliphatic rings. The second-order valence-corrected chi connectivity index (χ2v) is 8.27. The zero-order valence-electron chi connectivity index (χ0n) is 16.1. The predicted molar refractivity (Wildman–Crippen MR) is 115 cm³/mol. The standard InChI is InChI=1S/C22H21ClN4S/c1-14-7-4-5-9-18(14)13-28-22-25-21-24-15(2)20(16(3)27(21)26-22)12-17-8-6-10-19(23)11-17/h4-11H,12-13H2,1-3H3. The van der Waals surface area contributed by atoms with E-state index in [9.17, 15) is 0 Å². The van der Waals surface area contributed by atoms with E-state index in [1.807, 2.05) is 29.6 Å². The second kappa shape index (κ2) is 7.94. The molecule has 0 saturated heterocycles. The molecule has 4 aromatic rings. The highest BCUT2D eigenvalue weighted by atomic mass is 35.5. The van der Waals surface area contributed by atoms with E-state index < -0.39 is 0 Å². The third kappa shape index (κ3) is 3.91. The third-order valence-electron chi connectivity index (χ3n) is 4.92. The topological polar surface area (TPSA) is 43.1 Å². The van der Waals surface area contributed by atoms with Crippen molar-refractivity contribution >= 4 is 29.1 Å². The van der Waals surface area contributed by atoms with Gasteiger partial charge in [-0.3, -0.25) is 0 Å². The molecule has 142 valence electrons. The van der Waals surface area contributed by atoms with Gasteiger partial charge in [0.1, 0.15) is 0 Å². The zero-order valence-corrected chi connectivity index (χ0v) is 17.7. The molecule has 0 radical (unpaired) electrons. The monoisotopic (exact) mass is 408 g/mol. The summed E-state index contributed by atoms with van der Waals surface area (Å²) in [6, 6.07) is 16.3. The Morgan fingerprint density at radius 2 is 1.82 bits per heavy atom. The van der Waals surface area contributed by atoms with Crippen molar-refractivity contribution in [1.29, 1.82) is 0 Å². The van der Waals surface area contributed by atoms with Crippen molar-refractivity contribution in [2.24, 2.45) is 0 Å². The minimum Gasteiger partial charge on any atom is -0.216 e. The number of aromatic nitrogens is 4. The molecule has 0 N–H and O–H groups in total. The lowest BCUT2D eigenvalue weighted by Crippen LogP contribution is -2.06. The van der Waals surface area contributed by atoms with Crippen LogP contribution in [0.5, 0.6) is 0 Å². The van der Waals surface area contributed by atoms with Gasteiger partial charge in [-0.1, -0.05) is 59.8 Å². The Bertz CT molecular complexity index is 1150. The first-order valence-corrected chi connectivity index (χ1v) is 10.5. The Labute approximate surface area is 174 Å². The first-order valence-electron chi connectivity index (χ1n) is 9.16. The van der Waals surface area contributed by atoms with Gasteiger partial charge in [-0.15, -0.1) is 5.10 Å². The Morgan fingerprint density at radius 3 is 2.61 bits per heavy atom. The number of fused-ring (bicyclic) bond motifs is 1. The molecule has 0 aliphatic heterocycles. The molecule has 0 atom stereocenters. The molecule has 0 unspecified atom stereocenters. The minimum atomic E-state index is 0.650. The summed E-state index contributed by atoms with van der Waals surface area (Å²) < 4.78 is 1.85. The van der Waals surface area contributed by atoms with Gasteiger partial charge in [0.2, 0.25) is 5.16 Å². The van der Waals surface area contributed by atoms with E-state index in [4.69, 9.17) is 21.7 Å². The lowest BCUT2D eigenvalue weighted by Gasteiger charge is -2.10. The van der Waals surface area contributed by atoms with Crippen LogP contribution in [-0.2, 0) is 12.2 Å². The van der Waals surface area contributed by atoms with Gasteiger partial charge in [0.25, 0.3) is 5.78 Å². The maximum Gasteiger partial charge on any atom is 0.253 e. The number of hydrogen-bond donors (Lipinski definition) is 0.